The molecule has 0 aliphatic heterocycles. The minimum Gasteiger partial charge on any atom is -0.482 e. The second-order valence-electron chi connectivity index (χ2n) is 7.06. The van der Waals surface area contributed by atoms with Crippen LogP contribution < -0.4 is 4.74 Å². The molecule has 0 saturated heterocycles. The van der Waals surface area contributed by atoms with Crippen molar-refractivity contribution >= 4 is 5.91 Å². The molecule has 27 heavy (non-hydrogen) atoms. The molecule has 0 radical (unpaired) electrons. The minimum atomic E-state index is -0.798. The van der Waals surface area contributed by atoms with Crippen molar-refractivity contribution in [2.24, 2.45) is 5.92 Å². The number of rotatable bonds is 8. The molecule has 0 atom stereocenters. The van der Waals surface area contributed by atoms with Gasteiger partial charge in [-0.1, -0.05) is 30.8 Å². The summed E-state index contributed by atoms with van der Waals surface area (Å²) < 4.78 is 36.8. The third-order valence-electron chi connectivity index (χ3n) is 4.97. The summed E-state index contributed by atoms with van der Waals surface area (Å²) in [5.74, 6) is -0.692. The molecule has 0 spiro atoms. The Kier molecular flexibility index (Phi) is 6.42. The summed E-state index contributed by atoms with van der Waals surface area (Å²) in [6.07, 6.45) is 7.39. The van der Waals surface area contributed by atoms with Crippen LogP contribution in [0.4, 0.5) is 8.78 Å². The highest BCUT2D eigenvalue weighted by molar-refractivity contribution is 5.92. The number of carbonyl (C=O) groups is 1. The number of hydrogen-bond acceptors (Lipinski definition) is 4. The molecular formula is C20H24F2N2O3. The Morgan fingerprint density at radius 2 is 2.07 bits per heavy atom. The van der Waals surface area contributed by atoms with Crippen molar-refractivity contribution in [3.63, 3.8) is 0 Å². The van der Waals surface area contributed by atoms with Crippen molar-refractivity contribution in [2.75, 3.05) is 13.6 Å². The van der Waals surface area contributed by atoms with Crippen LogP contribution in [0.3, 0.4) is 0 Å². The molecule has 1 fully saturated rings. The first-order valence-electron chi connectivity index (χ1n) is 9.32. The number of amides is 1. The fourth-order valence-corrected chi connectivity index (χ4v) is 3.44. The highest BCUT2D eigenvalue weighted by atomic mass is 19.1. The molecule has 1 heterocycles. The molecule has 1 aliphatic carbocycles. The zero-order valence-corrected chi connectivity index (χ0v) is 15.4. The summed E-state index contributed by atoms with van der Waals surface area (Å²) in [6, 6.07) is 4.53. The fraction of sp³-hybridized carbons (Fsp3) is 0.500. The van der Waals surface area contributed by atoms with Gasteiger partial charge < -0.3 is 14.2 Å². The molecule has 5 nitrogen and oxygen atoms in total. The van der Waals surface area contributed by atoms with Gasteiger partial charge in [0.15, 0.2) is 23.0 Å². The summed E-state index contributed by atoms with van der Waals surface area (Å²) in [6.45, 7) is 0.572. The van der Waals surface area contributed by atoms with Gasteiger partial charge in [-0.15, -0.1) is 0 Å². The average molecular weight is 378 g/mol. The first kappa shape index (κ1) is 19.3. The normalized spacial score (nSPS) is 14.5. The molecule has 1 amide bonds. The van der Waals surface area contributed by atoms with E-state index in [1.54, 1.807) is 11.9 Å². The Labute approximate surface area is 157 Å². The van der Waals surface area contributed by atoms with Crippen LogP contribution in [0.15, 0.2) is 28.8 Å². The van der Waals surface area contributed by atoms with Gasteiger partial charge in [0.25, 0.3) is 5.91 Å². The van der Waals surface area contributed by atoms with Crippen LogP contribution in [0.5, 0.6) is 5.75 Å². The number of aromatic nitrogens is 1. The molecule has 1 aromatic heterocycles. The smallest absolute Gasteiger partial charge is 0.275 e. The third kappa shape index (κ3) is 5.28. The zero-order valence-electron chi connectivity index (χ0n) is 15.4. The Bertz CT molecular complexity index is 772. The molecule has 1 aliphatic rings. The maximum Gasteiger partial charge on any atom is 0.275 e. The van der Waals surface area contributed by atoms with Gasteiger partial charge in [0.05, 0.1) is 0 Å². The molecule has 1 aromatic carbocycles. The first-order chi connectivity index (χ1) is 13.0. The molecule has 7 heteroatoms. The predicted octanol–water partition coefficient (Wildman–Crippen LogP) is 4.57. The van der Waals surface area contributed by atoms with E-state index in [1.165, 1.54) is 37.8 Å². The molecular weight excluding hydrogens is 354 g/mol. The van der Waals surface area contributed by atoms with E-state index in [9.17, 15) is 13.6 Å². The molecule has 0 N–H and O–H groups in total. The van der Waals surface area contributed by atoms with Crippen LogP contribution in [-0.2, 0) is 6.61 Å². The van der Waals surface area contributed by atoms with E-state index in [2.05, 4.69) is 5.16 Å². The van der Waals surface area contributed by atoms with Crippen LogP contribution in [0.25, 0.3) is 0 Å². The summed E-state index contributed by atoms with van der Waals surface area (Å²) >= 11 is 0. The lowest BCUT2D eigenvalue weighted by Crippen LogP contribution is -2.28. The quantitative estimate of drug-likeness (QED) is 0.675. The third-order valence-corrected chi connectivity index (χ3v) is 4.97. The summed E-state index contributed by atoms with van der Waals surface area (Å²) in [5.41, 5.74) is 0.191. The highest BCUT2D eigenvalue weighted by Crippen LogP contribution is 2.28. The molecule has 1 saturated carbocycles. The lowest BCUT2D eigenvalue weighted by molar-refractivity contribution is 0.0780. The van der Waals surface area contributed by atoms with Crippen molar-refractivity contribution in [1.82, 2.24) is 10.1 Å². The summed E-state index contributed by atoms with van der Waals surface area (Å²) in [4.78, 5) is 14.0. The average Bonchev–Trinajstić information content (AvgIpc) is 3.32. The fourth-order valence-electron chi connectivity index (χ4n) is 3.44. The predicted molar refractivity (Wildman–Crippen MR) is 95.3 cm³/mol. The Morgan fingerprint density at radius 3 is 2.81 bits per heavy atom. The molecule has 3 rings (SSSR count). The molecule has 0 bridgehead atoms. The van der Waals surface area contributed by atoms with Crippen LogP contribution in [0.2, 0.25) is 0 Å². The monoisotopic (exact) mass is 378 g/mol. The van der Waals surface area contributed by atoms with Gasteiger partial charge in [-0.25, -0.2) is 8.78 Å². The van der Waals surface area contributed by atoms with Crippen LogP contribution >= 0.6 is 0 Å². The molecule has 146 valence electrons. The van der Waals surface area contributed by atoms with E-state index in [4.69, 9.17) is 9.26 Å². The van der Waals surface area contributed by atoms with Crippen molar-refractivity contribution in [2.45, 2.75) is 45.1 Å². The van der Waals surface area contributed by atoms with E-state index >= 15 is 0 Å². The maximum absolute atomic E-state index is 13.6. The summed E-state index contributed by atoms with van der Waals surface area (Å²) in [5, 5.41) is 3.77. The van der Waals surface area contributed by atoms with Crippen LogP contribution in [0, 0.1) is 17.6 Å². The molecule has 2 aromatic rings. The van der Waals surface area contributed by atoms with Gasteiger partial charge >= 0.3 is 0 Å². The number of ether oxygens (including phenoxy) is 1. The van der Waals surface area contributed by atoms with Crippen molar-refractivity contribution in [3.05, 3.63) is 47.4 Å². The van der Waals surface area contributed by atoms with E-state index < -0.39 is 11.6 Å². The largest absolute Gasteiger partial charge is 0.482 e. The zero-order chi connectivity index (χ0) is 19.2. The van der Waals surface area contributed by atoms with Crippen LogP contribution in [-0.4, -0.2) is 29.6 Å². The second kappa shape index (κ2) is 8.97. The molecule has 0 unspecified atom stereocenters. The first-order valence-corrected chi connectivity index (χ1v) is 9.32. The van der Waals surface area contributed by atoms with Crippen molar-refractivity contribution < 1.29 is 22.8 Å². The van der Waals surface area contributed by atoms with Gasteiger partial charge in [0.2, 0.25) is 0 Å². The number of nitrogens with zero attached hydrogens (tertiary/aromatic N) is 2. The summed E-state index contributed by atoms with van der Waals surface area (Å²) in [7, 11) is 1.75. The lowest BCUT2D eigenvalue weighted by Gasteiger charge is -2.16. The van der Waals surface area contributed by atoms with E-state index in [0.717, 1.165) is 30.9 Å². The topological polar surface area (TPSA) is 55.6 Å². The number of benzene rings is 1. The number of carbonyl (C=O) groups excluding carboxylic acids is 1. The van der Waals surface area contributed by atoms with E-state index in [1.807, 2.05) is 0 Å². The second-order valence-corrected chi connectivity index (χ2v) is 7.06. The Balaban J connectivity index is 1.47. The van der Waals surface area contributed by atoms with Crippen molar-refractivity contribution in [1.29, 1.82) is 0 Å². The lowest BCUT2D eigenvalue weighted by atomic mass is 10.0. The van der Waals surface area contributed by atoms with Gasteiger partial charge in [0.1, 0.15) is 12.4 Å². The van der Waals surface area contributed by atoms with Crippen molar-refractivity contribution in [3.8, 4) is 5.75 Å². The Morgan fingerprint density at radius 1 is 1.30 bits per heavy atom. The highest BCUT2D eigenvalue weighted by Gasteiger charge is 2.19. The standard InChI is InChI=1S/C20H24F2N2O3/c1-24(10-4-7-14-5-2-3-6-14)20(25)18-12-16(27-23-18)13-26-19-9-8-15(21)11-17(19)22/h8-9,11-12,14H,2-7,10,13H2,1H3. The van der Waals surface area contributed by atoms with Crippen LogP contribution in [0.1, 0.15) is 54.8 Å². The van der Waals surface area contributed by atoms with E-state index in [0.29, 0.717) is 12.3 Å². The SMILES string of the molecule is CN(CCCC1CCCC1)C(=O)c1cc(COc2ccc(F)cc2F)on1. The van der Waals surface area contributed by atoms with Gasteiger partial charge in [-0.05, 0) is 30.9 Å². The van der Waals surface area contributed by atoms with Gasteiger partial charge in [-0.3, -0.25) is 4.79 Å². The van der Waals surface area contributed by atoms with Gasteiger partial charge in [-0.2, -0.15) is 0 Å². The minimum absolute atomic E-state index is 0.0929. The number of halogens is 2. The Hall–Kier alpha value is -2.44. The van der Waals surface area contributed by atoms with E-state index in [-0.39, 0.29) is 24.0 Å². The maximum atomic E-state index is 13.6. The van der Waals surface area contributed by atoms with Gasteiger partial charge in [0, 0.05) is 25.7 Å². The number of hydrogen-bond donors (Lipinski definition) is 0.